The van der Waals surface area contributed by atoms with Crippen LogP contribution in [-0.4, -0.2) is 67.7 Å². The number of nitrogens with one attached hydrogen (secondary N) is 3. The Morgan fingerprint density at radius 1 is 1.18 bits per heavy atom. The molecule has 0 aromatic carbocycles. The summed E-state index contributed by atoms with van der Waals surface area (Å²) in [5.41, 5.74) is 3.37. The Kier molecular flexibility index (Phi) is 6.55. The molecule has 39 heavy (non-hydrogen) atoms. The monoisotopic (exact) mass is 553 g/mol. The molecule has 4 rings (SSSR count). The molecule has 0 radical (unpaired) electrons. The number of halogens is 3. The van der Waals surface area contributed by atoms with E-state index in [9.17, 15) is 37.1 Å². The average molecular weight is 554 g/mol. The number of hydrogen-bond acceptors (Lipinski definition) is 6. The largest absolute Gasteiger partial charge is 0.471 e. The first kappa shape index (κ1) is 28.1. The van der Waals surface area contributed by atoms with Crippen molar-refractivity contribution in [2.24, 2.45) is 28.4 Å². The van der Waals surface area contributed by atoms with E-state index in [1.807, 2.05) is 13.8 Å². The van der Waals surface area contributed by atoms with Gasteiger partial charge in [-0.1, -0.05) is 34.6 Å². The summed E-state index contributed by atoms with van der Waals surface area (Å²) in [7, 11) is 0. The summed E-state index contributed by atoms with van der Waals surface area (Å²) in [6.45, 7) is 8.33. The summed E-state index contributed by atoms with van der Waals surface area (Å²) in [6, 6.07) is -3.24. The number of fused-ring (bicyclic) bond motifs is 2. The number of nitrogens with zero attached hydrogens (tertiary/aromatic N) is 3. The van der Waals surface area contributed by atoms with Gasteiger partial charge in [0.1, 0.15) is 12.1 Å². The number of piperidine rings is 1. The molecule has 1 saturated carbocycles. The number of nitrogens with two attached hydrogens (primary N) is 1. The Hall–Kier alpha value is -3.91. The van der Waals surface area contributed by atoms with Crippen LogP contribution in [0.4, 0.5) is 13.2 Å². The van der Waals surface area contributed by atoms with Crippen LogP contribution >= 0.6 is 0 Å². The molecule has 0 spiro atoms. The van der Waals surface area contributed by atoms with E-state index >= 15 is 0 Å². The fraction of sp³-hybridized carbons (Fsp3) is 0.583. The lowest BCUT2D eigenvalue weighted by molar-refractivity contribution is -0.176. The maximum atomic E-state index is 13.6. The van der Waals surface area contributed by atoms with Crippen molar-refractivity contribution in [2.45, 2.75) is 58.9 Å². The number of alkyl halides is 3. The van der Waals surface area contributed by atoms with Crippen LogP contribution in [0.15, 0.2) is 23.3 Å². The minimum atomic E-state index is -5.21. The van der Waals surface area contributed by atoms with Gasteiger partial charge >= 0.3 is 12.1 Å². The Morgan fingerprint density at radius 3 is 2.38 bits per heavy atom. The molecule has 2 fully saturated rings. The summed E-state index contributed by atoms with van der Waals surface area (Å²) < 4.78 is 40.2. The van der Waals surface area contributed by atoms with Crippen molar-refractivity contribution in [3.05, 3.63) is 34.5 Å². The predicted octanol–water partition coefficient (Wildman–Crippen LogP) is 0.241. The second-order valence-corrected chi connectivity index (χ2v) is 11.7. The first-order chi connectivity index (χ1) is 17.9. The van der Waals surface area contributed by atoms with Gasteiger partial charge in [-0.15, -0.1) is 0 Å². The van der Waals surface area contributed by atoms with Crippen molar-refractivity contribution in [3.8, 4) is 0 Å². The lowest BCUT2D eigenvalue weighted by atomic mass is 9.85. The highest BCUT2D eigenvalue weighted by molar-refractivity contribution is 5.96. The van der Waals surface area contributed by atoms with Crippen LogP contribution in [-0.2, 0) is 19.2 Å². The molecule has 1 aliphatic heterocycles. The van der Waals surface area contributed by atoms with Crippen molar-refractivity contribution in [1.29, 1.82) is 0 Å². The number of imidazole rings is 1. The molecular weight excluding hydrogens is 523 g/mol. The number of carbonyl (C=O) groups excluding carboxylic acids is 4. The first-order valence-corrected chi connectivity index (χ1v) is 12.2. The summed E-state index contributed by atoms with van der Waals surface area (Å²) in [5, 5.41) is 4.26. The number of H-pyrrole nitrogens is 1. The first-order valence-electron chi connectivity index (χ1n) is 12.2. The van der Waals surface area contributed by atoms with E-state index in [0.717, 1.165) is 11.0 Å². The Balaban J connectivity index is 1.65. The molecule has 12 nitrogen and oxygen atoms in total. The third kappa shape index (κ3) is 4.96. The topological polar surface area (TPSA) is 172 Å². The highest BCUT2D eigenvalue weighted by Gasteiger charge is 2.70. The summed E-state index contributed by atoms with van der Waals surface area (Å²) in [6.07, 6.45) is -2.34. The Labute approximate surface area is 220 Å². The van der Waals surface area contributed by atoms with Crippen molar-refractivity contribution in [3.63, 3.8) is 0 Å². The van der Waals surface area contributed by atoms with Crippen molar-refractivity contribution >= 4 is 29.4 Å². The number of carbonyl (C=O) groups is 4. The minimum Gasteiger partial charge on any atom is -0.368 e. The van der Waals surface area contributed by atoms with Crippen molar-refractivity contribution in [1.82, 2.24) is 29.9 Å². The maximum absolute atomic E-state index is 13.6. The number of likely N-dealkylation sites (tertiary alicyclic amines) is 1. The quantitative estimate of drug-likeness (QED) is 0.399. The van der Waals surface area contributed by atoms with Gasteiger partial charge in [-0.2, -0.15) is 13.2 Å². The van der Waals surface area contributed by atoms with Gasteiger partial charge in [0, 0.05) is 25.0 Å². The fourth-order valence-electron chi connectivity index (χ4n) is 5.45. The summed E-state index contributed by atoms with van der Waals surface area (Å²) in [4.78, 5) is 71.8. The van der Waals surface area contributed by atoms with Crippen LogP contribution in [0.1, 0.15) is 46.4 Å². The van der Waals surface area contributed by atoms with Crippen LogP contribution in [0.3, 0.4) is 0 Å². The molecule has 5 atom stereocenters. The number of aromatic nitrogens is 3. The second-order valence-electron chi connectivity index (χ2n) is 11.7. The van der Waals surface area contributed by atoms with E-state index in [1.54, 1.807) is 5.32 Å². The van der Waals surface area contributed by atoms with Gasteiger partial charge in [0.15, 0.2) is 6.04 Å². The standard InChI is InChI=1S/C24H30F3N7O5/c1-22(2,3)16(32-20(39)24(25,26)27)19(38)34-9-10-13(23(10,4)5)15(34)18(37)31-14(17(28)36)11-8-12(35)33-7-6-29-21(33)30-11/h6-8,10,13-16H,9H2,1-5H3,(H2,28,36)(H,29,30)(H,31,37)(H,32,39)/t10-,13-,14?,15-,16?/m0/s1. The molecule has 212 valence electrons. The van der Waals surface area contributed by atoms with E-state index < -0.39 is 58.9 Å². The number of aromatic amines is 1. The third-order valence-electron chi connectivity index (χ3n) is 7.68. The van der Waals surface area contributed by atoms with Crippen LogP contribution in [0, 0.1) is 22.7 Å². The third-order valence-corrected chi connectivity index (χ3v) is 7.68. The van der Waals surface area contributed by atoms with Crippen LogP contribution in [0.5, 0.6) is 0 Å². The number of hydrogen-bond donors (Lipinski definition) is 4. The van der Waals surface area contributed by atoms with Gasteiger partial charge < -0.3 is 26.3 Å². The molecule has 2 aromatic rings. The number of amides is 4. The van der Waals surface area contributed by atoms with E-state index in [2.05, 4.69) is 15.3 Å². The summed E-state index contributed by atoms with van der Waals surface area (Å²) in [5.74, 6) is -5.32. The molecular formula is C24H30F3N7O5. The molecule has 0 bridgehead atoms. The van der Waals surface area contributed by atoms with E-state index in [0.29, 0.717) is 0 Å². The van der Waals surface area contributed by atoms with Gasteiger partial charge in [-0.05, 0) is 22.7 Å². The zero-order chi connectivity index (χ0) is 29.2. The molecule has 2 unspecified atom stereocenters. The van der Waals surface area contributed by atoms with Gasteiger partial charge in [0.25, 0.3) is 5.56 Å². The fourth-order valence-corrected chi connectivity index (χ4v) is 5.45. The minimum absolute atomic E-state index is 0.0678. The normalized spacial score (nSPS) is 23.6. The molecule has 15 heteroatoms. The van der Waals surface area contributed by atoms with Gasteiger partial charge in [0.2, 0.25) is 23.5 Å². The lowest BCUT2D eigenvalue weighted by Crippen LogP contribution is -2.61. The van der Waals surface area contributed by atoms with E-state index in [1.165, 1.54) is 37.6 Å². The van der Waals surface area contributed by atoms with Crippen molar-refractivity contribution < 1.29 is 32.3 Å². The lowest BCUT2D eigenvalue weighted by Gasteiger charge is -2.38. The molecule has 3 heterocycles. The van der Waals surface area contributed by atoms with Gasteiger partial charge in [-0.3, -0.25) is 28.4 Å². The van der Waals surface area contributed by atoms with Gasteiger partial charge in [0.05, 0.1) is 5.69 Å². The van der Waals surface area contributed by atoms with Crippen LogP contribution in [0.2, 0.25) is 0 Å². The summed E-state index contributed by atoms with van der Waals surface area (Å²) >= 11 is 0. The Morgan fingerprint density at radius 2 is 1.82 bits per heavy atom. The zero-order valence-corrected chi connectivity index (χ0v) is 21.9. The van der Waals surface area contributed by atoms with Crippen molar-refractivity contribution in [2.75, 3.05) is 6.54 Å². The van der Waals surface area contributed by atoms with Crippen LogP contribution < -0.4 is 21.9 Å². The zero-order valence-electron chi connectivity index (χ0n) is 21.9. The predicted molar refractivity (Wildman–Crippen MR) is 130 cm³/mol. The van der Waals surface area contributed by atoms with E-state index in [-0.39, 0.29) is 35.3 Å². The molecule has 2 aliphatic rings. The van der Waals surface area contributed by atoms with Gasteiger partial charge in [-0.25, -0.2) is 4.98 Å². The maximum Gasteiger partial charge on any atom is 0.471 e. The van der Waals surface area contributed by atoms with Crippen LogP contribution in [0.25, 0.3) is 5.78 Å². The van der Waals surface area contributed by atoms with E-state index in [4.69, 9.17) is 5.73 Å². The highest BCUT2D eigenvalue weighted by Crippen LogP contribution is 2.65. The number of primary amides is 1. The number of rotatable bonds is 6. The SMILES string of the molecule is CC(C)(C)C(NC(=O)C(F)(F)F)C(=O)N1C[C@H]2[C@@H]([C@H]1C(=O)NC(C(N)=O)c1cc(=O)n3cc[nH]c3n1)C2(C)C. The second kappa shape index (κ2) is 9.09. The average Bonchev–Trinajstić information content (AvgIpc) is 3.22. The molecule has 1 saturated heterocycles. The highest BCUT2D eigenvalue weighted by atomic mass is 19.4. The molecule has 4 amide bonds. The molecule has 5 N–H and O–H groups in total. The molecule has 2 aromatic heterocycles. The molecule has 1 aliphatic carbocycles. The Bertz CT molecular complexity index is 1410. The smallest absolute Gasteiger partial charge is 0.368 e.